The minimum atomic E-state index is -0.0656. The molecule has 1 N–H and O–H groups in total. The predicted molar refractivity (Wildman–Crippen MR) is 106 cm³/mol. The molecule has 0 aliphatic rings. The first-order valence-corrected chi connectivity index (χ1v) is 8.49. The Labute approximate surface area is 153 Å². The zero-order valence-corrected chi connectivity index (χ0v) is 14.5. The zero-order chi connectivity index (χ0) is 18.2. The summed E-state index contributed by atoms with van der Waals surface area (Å²) >= 11 is 0. The maximum atomic E-state index is 13.2. The summed E-state index contributed by atoms with van der Waals surface area (Å²) in [6.45, 7) is 4.78. The summed E-state index contributed by atoms with van der Waals surface area (Å²) in [4.78, 5) is 19.3. The number of nitrogens with zero attached hydrogens (tertiary/aromatic N) is 2. The Morgan fingerprint density at radius 3 is 2.42 bits per heavy atom. The highest BCUT2D eigenvalue weighted by atomic mass is 16.2. The van der Waals surface area contributed by atoms with Crippen LogP contribution < -0.4 is 10.2 Å². The van der Waals surface area contributed by atoms with Gasteiger partial charge in [-0.05, 0) is 29.8 Å². The van der Waals surface area contributed by atoms with Crippen molar-refractivity contribution in [2.45, 2.75) is 6.54 Å². The fourth-order valence-electron chi connectivity index (χ4n) is 2.65. The highest BCUT2D eigenvalue weighted by Gasteiger charge is 2.18. The molecule has 4 heteroatoms. The normalized spacial score (nSPS) is 10.2. The third-order valence-electron chi connectivity index (χ3n) is 3.93. The van der Waals surface area contributed by atoms with Gasteiger partial charge >= 0.3 is 0 Å². The van der Waals surface area contributed by atoms with Gasteiger partial charge in [0.05, 0.1) is 6.54 Å². The number of hydrogen-bond donors (Lipinski definition) is 1. The monoisotopic (exact) mass is 343 g/mol. The van der Waals surface area contributed by atoms with Crippen LogP contribution in [0.15, 0.2) is 91.6 Å². The van der Waals surface area contributed by atoms with Gasteiger partial charge in [-0.2, -0.15) is 0 Å². The number of para-hydroxylation sites is 1. The lowest BCUT2D eigenvalue weighted by Crippen LogP contribution is -2.30. The molecule has 0 bridgehead atoms. The Morgan fingerprint density at radius 2 is 1.73 bits per heavy atom. The van der Waals surface area contributed by atoms with Crippen molar-refractivity contribution in [1.29, 1.82) is 0 Å². The summed E-state index contributed by atoms with van der Waals surface area (Å²) in [5, 5.41) is 3.12. The van der Waals surface area contributed by atoms with Gasteiger partial charge in [0.1, 0.15) is 5.82 Å². The van der Waals surface area contributed by atoms with Crippen LogP contribution in [-0.4, -0.2) is 17.4 Å². The topological polar surface area (TPSA) is 45.2 Å². The van der Waals surface area contributed by atoms with Crippen molar-refractivity contribution >= 4 is 17.4 Å². The number of carbonyl (C=O) groups is 1. The molecule has 1 aromatic heterocycles. The molecule has 3 rings (SSSR count). The van der Waals surface area contributed by atoms with Crippen LogP contribution in [0.4, 0.5) is 11.5 Å². The predicted octanol–water partition coefficient (Wildman–Crippen LogP) is 4.53. The number of amides is 1. The van der Waals surface area contributed by atoms with E-state index in [1.807, 2.05) is 60.7 Å². The molecule has 0 fully saturated rings. The van der Waals surface area contributed by atoms with Crippen molar-refractivity contribution in [3.8, 4) is 0 Å². The SMILES string of the molecule is C=CCNc1cc(C(=O)N(Cc2ccccc2)c2ccccc2)ccn1. The van der Waals surface area contributed by atoms with E-state index in [1.54, 1.807) is 29.3 Å². The number of anilines is 2. The second-order valence-corrected chi connectivity index (χ2v) is 5.81. The Bertz CT molecular complexity index is 863. The Hall–Kier alpha value is -3.40. The lowest BCUT2D eigenvalue weighted by molar-refractivity contribution is 0.0985. The van der Waals surface area contributed by atoms with Crippen LogP contribution in [0.25, 0.3) is 0 Å². The maximum absolute atomic E-state index is 13.2. The second kappa shape index (κ2) is 8.62. The van der Waals surface area contributed by atoms with Crippen molar-refractivity contribution in [3.63, 3.8) is 0 Å². The van der Waals surface area contributed by atoms with Gasteiger partial charge in [0.25, 0.3) is 5.91 Å². The molecule has 0 aliphatic heterocycles. The van der Waals surface area contributed by atoms with Gasteiger partial charge in [0.15, 0.2) is 0 Å². The van der Waals surface area contributed by atoms with Crippen LogP contribution >= 0.6 is 0 Å². The fourth-order valence-corrected chi connectivity index (χ4v) is 2.65. The van der Waals surface area contributed by atoms with Crippen molar-refractivity contribution in [3.05, 3.63) is 103 Å². The van der Waals surface area contributed by atoms with E-state index in [9.17, 15) is 4.79 Å². The molecule has 3 aromatic rings. The quantitative estimate of drug-likeness (QED) is 0.641. The number of carbonyl (C=O) groups excluding carboxylic acids is 1. The van der Waals surface area contributed by atoms with E-state index in [-0.39, 0.29) is 5.91 Å². The van der Waals surface area contributed by atoms with Crippen molar-refractivity contribution in [1.82, 2.24) is 4.98 Å². The highest BCUT2D eigenvalue weighted by Crippen LogP contribution is 2.20. The number of hydrogen-bond acceptors (Lipinski definition) is 3. The zero-order valence-electron chi connectivity index (χ0n) is 14.5. The summed E-state index contributed by atoms with van der Waals surface area (Å²) in [7, 11) is 0. The molecule has 0 spiro atoms. The molecule has 130 valence electrons. The lowest BCUT2D eigenvalue weighted by atomic mass is 10.1. The number of nitrogens with one attached hydrogen (secondary N) is 1. The van der Waals surface area contributed by atoms with Crippen LogP contribution in [0.1, 0.15) is 15.9 Å². The molecule has 0 aliphatic carbocycles. The number of pyridine rings is 1. The van der Waals surface area contributed by atoms with Crippen molar-refractivity contribution < 1.29 is 4.79 Å². The molecule has 2 aromatic carbocycles. The molecule has 0 saturated heterocycles. The Balaban J connectivity index is 1.91. The molecule has 0 atom stereocenters. The van der Waals surface area contributed by atoms with E-state index in [0.29, 0.717) is 24.5 Å². The molecule has 0 saturated carbocycles. The van der Waals surface area contributed by atoms with Crippen LogP contribution in [0, 0.1) is 0 Å². The van der Waals surface area contributed by atoms with E-state index in [1.165, 1.54) is 0 Å². The van der Waals surface area contributed by atoms with Gasteiger partial charge < -0.3 is 10.2 Å². The average molecular weight is 343 g/mol. The molecular weight excluding hydrogens is 322 g/mol. The van der Waals surface area contributed by atoms with Crippen LogP contribution in [0.3, 0.4) is 0 Å². The van der Waals surface area contributed by atoms with Crippen LogP contribution in [-0.2, 0) is 6.54 Å². The van der Waals surface area contributed by atoms with Crippen LogP contribution in [0.5, 0.6) is 0 Å². The molecule has 26 heavy (non-hydrogen) atoms. The van der Waals surface area contributed by atoms with E-state index < -0.39 is 0 Å². The van der Waals surface area contributed by atoms with Crippen molar-refractivity contribution in [2.24, 2.45) is 0 Å². The summed E-state index contributed by atoms with van der Waals surface area (Å²) < 4.78 is 0. The number of rotatable bonds is 7. The van der Waals surface area contributed by atoms with Gasteiger partial charge in [0.2, 0.25) is 0 Å². The summed E-state index contributed by atoms with van der Waals surface area (Å²) in [6, 6.07) is 23.2. The van der Waals surface area contributed by atoms with Gasteiger partial charge in [-0.3, -0.25) is 4.79 Å². The smallest absolute Gasteiger partial charge is 0.258 e. The van der Waals surface area contributed by atoms with Gasteiger partial charge in [0, 0.05) is 24.0 Å². The minimum absolute atomic E-state index is 0.0656. The van der Waals surface area contributed by atoms with E-state index in [0.717, 1.165) is 11.3 Å². The Kier molecular flexibility index (Phi) is 5.78. The Morgan fingerprint density at radius 1 is 1.04 bits per heavy atom. The van der Waals surface area contributed by atoms with E-state index in [2.05, 4.69) is 16.9 Å². The summed E-state index contributed by atoms with van der Waals surface area (Å²) in [6.07, 6.45) is 3.40. The number of benzene rings is 2. The van der Waals surface area contributed by atoms with Crippen LogP contribution in [0.2, 0.25) is 0 Å². The maximum Gasteiger partial charge on any atom is 0.258 e. The lowest BCUT2D eigenvalue weighted by Gasteiger charge is -2.23. The second-order valence-electron chi connectivity index (χ2n) is 5.81. The van der Waals surface area contributed by atoms with Gasteiger partial charge in [-0.1, -0.05) is 54.6 Å². The fraction of sp³-hybridized carbons (Fsp3) is 0.0909. The molecular formula is C22H21N3O. The highest BCUT2D eigenvalue weighted by molar-refractivity contribution is 6.06. The van der Waals surface area contributed by atoms with Gasteiger partial charge in [-0.25, -0.2) is 4.98 Å². The molecule has 1 amide bonds. The first-order valence-electron chi connectivity index (χ1n) is 8.49. The first kappa shape index (κ1) is 17.4. The van der Waals surface area contributed by atoms with E-state index >= 15 is 0 Å². The largest absolute Gasteiger partial charge is 0.367 e. The minimum Gasteiger partial charge on any atom is -0.367 e. The first-order chi connectivity index (χ1) is 12.8. The average Bonchev–Trinajstić information content (AvgIpc) is 2.71. The third kappa shape index (κ3) is 4.36. The van der Waals surface area contributed by atoms with Crippen molar-refractivity contribution in [2.75, 3.05) is 16.8 Å². The molecule has 0 radical (unpaired) electrons. The number of aromatic nitrogens is 1. The van der Waals surface area contributed by atoms with Gasteiger partial charge in [-0.15, -0.1) is 6.58 Å². The standard InChI is InChI=1S/C22H21N3O/c1-2-14-23-21-16-19(13-15-24-21)22(26)25(20-11-7-4-8-12-20)17-18-9-5-3-6-10-18/h2-13,15-16H,1,14,17H2,(H,23,24). The third-order valence-corrected chi connectivity index (χ3v) is 3.93. The molecule has 1 heterocycles. The molecule has 4 nitrogen and oxygen atoms in total. The summed E-state index contributed by atoms with van der Waals surface area (Å²) in [5.74, 6) is 0.590. The van der Waals surface area contributed by atoms with E-state index in [4.69, 9.17) is 0 Å². The molecule has 0 unspecified atom stereocenters. The summed E-state index contributed by atoms with van der Waals surface area (Å²) in [5.41, 5.74) is 2.52.